The highest BCUT2D eigenvalue weighted by Crippen LogP contribution is 2.25. The van der Waals surface area contributed by atoms with Gasteiger partial charge in [0.1, 0.15) is 5.60 Å². The number of nitrogens with zero attached hydrogens (tertiary/aromatic N) is 1. The third-order valence-electron chi connectivity index (χ3n) is 3.53. The number of ether oxygens (including phenoxy) is 2. The molecule has 0 bridgehead atoms. The van der Waals surface area contributed by atoms with Gasteiger partial charge >= 0.3 is 0 Å². The Labute approximate surface area is 96.1 Å². The van der Waals surface area contributed by atoms with Crippen LogP contribution in [0, 0.1) is 0 Å². The highest BCUT2D eigenvalue weighted by molar-refractivity contribution is 5.80. The van der Waals surface area contributed by atoms with E-state index < -0.39 is 0 Å². The molecular weight excluding hydrogens is 208 g/mol. The van der Waals surface area contributed by atoms with Gasteiger partial charge in [-0.3, -0.25) is 10.1 Å². The number of hydrogen-bond acceptors (Lipinski definition) is 4. The van der Waals surface area contributed by atoms with Crippen LogP contribution in [0.5, 0.6) is 0 Å². The van der Waals surface area contributed by atoms with Crippen molar-refractivity contribution in [3.63, 3.8) is 0 Å². The average Bonchev–Trinajstić information content (AvgIpc) is 2.89. The van der Waals surface area contributed by atoms with Gasteiger partial charge in [0, 0.05) is 20.1 Å². The summed E-state index contributed by atoms with van der Waals surface area (Å²) in [5, 5.41) is 3.20. The molecule has 2 heterocycles. The smallest absolute Gasteiger partial charge is 0.237 e. The summed E-state index contributed by atoms with van der Waals surface area (Å²) in [5.41, 5.74) is -0.297. The van der Waals surface area contributed by atoms with E-state index in [0.717, 1.165) is 19.4 Å². The minimum atomic E-state index is -0.297. The van der Waals surface area contributed by atoms with E-state index in [1.54, 1.807) is 7.11 Å². The largest absolute Gasteiger partial charge is 0.378 e. The van der Waals surface area contributed by atoms with E-state index >= 15 is 0 Å². The Balaban J connectivity index is 2.03. The average molecular weight is 228 g/mol. The zero-order valence-electron chi connectivity index (χ0n) is 9.99. The Kier molecular flexibility index (Phi) is 3.47. The van der Waals surface area contributed by atoms with Crippen molar-refractivity contribution in [2.75, 3.05) is 33.4 Å². The maximum atomic E-state index is 11.8. The van der Waals surface area contributed by atoms with Gasteiger partial charge in [-0.25, -0.2) is 0 Å². The van der Waals surface area contributed by atoms with E-state index in [1.165, 1.54) is 0 Å². The SMILES string of the molecule is CCC1NCC(=O)N1CC1(OC)CCOC1. The fraction of sp³-hybridized carbons (Fsp3) is 0.909. The summed E-state index contributed by atoms with van der Waals surface area (Å²) in [6.45, 7) is 4.46. The molecule has 0 spiro atoms. The van der Waals surface area contributed by atoms with Gasteiger partial charge in [0.2, 0.25) is 5.91 Å². The number of carbonyl (C=O) groups excluding carboxylic acids is 1. The molecule has 2 rings (SSSR count). The molecule has 0 aromatic carbocycles. The van der Waals surface area contributed by atoms with Crippen molar-refractivity contribution < 1.29 is 14.3 Å². The quantitative estimate of drug-likeness (QED) is 0.733. The minimum Gasteiger partial charge on any atom is -0.378 e. The van der Waals surface area contributed by atoms with Gasteiger partial charge in [-0.1, -0.05) is 6.92 Å². The summed E-state index contributed by atoms with van der Waals surface area (Å²) in [5.74, 6) is 0.162. The lowest BCUT2D eigenvalue weighted by molar-refractivity contribution is -0.133. The fourth-order valence-electron chi connectivity index (χ4n) is 2.40. The molecule has 5 nitrogen and oxygen atoms in total. The lowest BCUT2D eigenvalue weighted by Crippen LogP contribution is -2.49. The lowest BCUT2D eigenvalue weighted by Gasteiger charge is -2.33. The molecule has 2 unspecified atom stereocenters. The van der Waals surface area contributed by atoms with Gasteiger partial charge in [-0.15, -0.1) is 0 Å². The Morgan fingerprint density at radius 2 is 2.50 bits per heavy atom. The van der Waals surface area contributed by atoms with Crippen LogP contribution in [0.15, 0.2) is 0 Å². The predicted molar refractivity (Wildman–Crippen MR) is 59.0 cm³/mol. The van der Waals surface area contributed by atoms with Gasteiger partial charge in [0.15, 0.2) is 0 Å². The van der Waals surface area contributed by atoms with Crippen LogP contribution in [0.1, 0.15) is 19.8 Å². The van der Waals surface area contributed by atoms with Crippen LogP contribution >= 0.6 is 0 Å². The molecule has 5 heteroatoms. The van der Waals surface area contributed by atoms with Crippen molar-refractivity contribution in [3.8, 4) is 0 Å². The van der Waals surface area contributed by atoms with Crippen molar-refractivity contribution in [2.24, 2.45) is 0 Å². The normalized spacial score (nSPS) is 35.0. The number of rotatable bonds is 4. The molecule has 0 radical (unpaired) electrons. The van der Waals surface area contributed by atoms with Crippen LogP contribution in [-0.4, -0.2) is 56.0 Å². The Hall–Kier alpha value is -0.650. The summed E-state index contributed by atoms with van der Waals surface area (Å²) in [7, 11) is 1.70. The highest BCUT2D eigenvalue weighted by atomic mass is 16.5. The zero-order chi connectivity index (χ0) is 11.6. The molecule has 0 aromatic heterocycles. The highest BCUT2D eigenvalue weighted by Gasteiger charge is 2.41. The first kappa shape index (κ1) is 11.8. The summed E-state index contributed by atoms with van der Waals surface area (Å²) in [4.78, 5) is 13.6. The van der Waals surface area contributed by atoms with E-state index in [-0.39, 0.29) is 17.7 Å². The second-order valence-corrected chi connectivity index (χ2v) is 4.52. The van der Waals surface area contributed by atoms with Crippen LogP contribution in [0.2, 0.25) is 0 Å². The third-order valence-corrected chi connectivity index (χ3v) is 3.53. The van der Waals surface area contributed by atoms with E-state index in [1.807, 2.05) is 4.90 Å². The maximum Gasteiger partial charge on any atom is 0.237 e. The Morgan fingerprint density at radius 1 is 1.69 bits per heavy atom. The second kappa shape index (κ2) is 4.69. The molecule has 2 fully saturated rings. The summed E-state index contributed by atoms with van der Waals surface area (Å²) >= 11 is 0. The first-order valence-corrected chi connectivity index (χ1v) is 5.86. The maximum absolute atomic E-state index is 11.8. The van der Waals surface area contributed by atoms with Crippen LogP contribution < -0.4 is 5.32 Å². The van der Waals surface area contributed by atoms with Crippen molar-refractivity contribution in [1.82, 2.24) is 10.2 Å². The van der Waals surface area contributed by atoms with Crippen molar-refractivity contribution in [1.29, 1.82) is 0 Å². The standard InChI is InChI=1S/C11H20N2O3/c1-3-9-12-6-10(14)13(9)7-11(15-2)4-5-16-8-11/h9,12H,3-8H2,1-2H3. The summed E-state index contributed by atoms with van der Waals surface area (Å²) < 4.78 is 10.9. The van der Waals surface area contributed by atoms with Crippen LogP contribution in [0.4, 0.5) is 0 Å². The number of hydrogen-bond donors (Lipinski definition) is 1. The van der Waals surface area contributed by atoms with E-state index in [4.69, 9.17) is 9.47 Å². The molecule has 2 aliphatic rings. The van der Waals surface area contributed by atoms with Crippen LogP contribution in [0.3, 0.4) is 0 Å². The number of nitrogens with one attached hydrogen (secondary N) is 1. The van der Waals surface area contributed by atoms with Gasteiger partial charge in [-0.05, 0) is 6.42 Å². The molecule has 0 aliphatic carbocycles. The molecule has 2 aliphatic heterocycles. The van der Waals surface area contributed by atoms with E-state index in [0.29, 0.717) is 19.7 Å². The molecular formula is C11H20N2O3. The number of carbonyl (C=O) groups is 1. The number of amides is 1. The molecule has 2 saturated heterocycles. The van der Waals surface area contributed by atoms with Crippen LogP contribution in [0.25, 0.3) is 0 Å². The molecule has 2 atom stereocenters. The molecule has 0 saturated carbocycles. The lowest BCUT2D eigenvalue weighted by atomic mass is 10.0. The minimum absolute atomic E-state index is 0.153. The Bertz CT molecular complexity index is 264. The summed E-state index contributed by atoms with van der Waals surface area (Å²) in [6, 6.07) is 0. The molecule has 16 heavy (non-hydrogen) atoms. The van der Waals surface area contributed by atoms with Crippen molar-refractivity contribution in [2.45, 2.75) is 31.5 Å². The predicted octanol–water partition coefficient (Wildman–Crippen LogP) is -0.0402. The van der Waals surface area contributed by atoms with Gasteiger partial charge < -0.3 is 14.4 Å². The van der Waals surface area contributed by atoms with Gasteiger partial charge in [0.05, 0.1) is 25.9 Å². The van der Waals surface area contributed by atoms with Gasteiger partial charge in [0.25, 0.3) is 0 Å². The third kappa shape index (κ3) is 2.07. The first-order valence-electron chi connectivity index (χ1n) is 5.86. The van der Waals surface area contributed by atoms with Crippen molar-refractivity contribution in [3.05, 3.63) is 0 Å². The van der Waals surface area contributed by atoms with Crippen molar-refractivity contribution >= 4 is 5.91 Å². The van der Waals surface area contributed by atoms with Crippen LogP contribution in [-0.2, 0) is 14.3 Å². The van der Waals surface area contributed by atoms with Gasteiger partial charge in [-0.2, -0.15) is 0 Å². The number of methoxy groups -OCH3 is 1. The first-order chi connectivity index (χ1) is 7.71. The molecule has 0 aromatic rings. The summed E-state index contributed by atoms with van der Waals surface area (Å²) in [6.07, 6.45) is 1.94. The van der Waals surface area contributed by atoms with E-state index in [9.17, 15) is 4.79 Å². The zero-order valence-corrected chi connectivity index (χ0v) is 9.99. The Morgan fingerprint density at radius 3 is 3.06 bits per heavy atom. The molecule has 92 valence electrons. The fourth-order valence-corrected chi connectivity index (χ4v) is 2.40. The molecule has 1 amide bonds. The monoisotopic (exact) mass is 228 g/mol. The van der Waals surface area contributed by atoms with E-state index in [2.05, 4.69) is 12.2 Å². The second-order valence-electron chi connectivity index (χ2n) is 4.52. The topological polar surface area (TPSA) is 50.8 Å². The molecule has 1 N–H and O–H groups in total.